The highest BCUT2D eigenvalue weighted by molar-refractivity contribution is 8.18. The predicted molar refractivity (Wildman–Crippen MR) is 82.4 cm³/mol. The van der Waals surface area contributed by atoms with E-state index in [0.717, 1.165) is 12.0 Å². The molecule has 1 saturated heterocycles. The molecular weight excluding hydrogens is 324 g/mol. The number of esters is 1. The Morgan fingerprint density at radius 2 is 2.13 bits per heavy atom. The molecule has 120 valence electrons. The van der Waals surface area contributed by atoms with Crippen molar-refractivity contribution in [3.8, 4) is 0 Å². The minimum Gasteiger partial charge on any atom is -0.467 e. The number of hydrogen-bond acceptors (Lipinski definition) is 7. The van der Waals surface area contributed by atoms with E-state index < -0.39 is 28.1 Å². The predicted octanol–water partition coefficient (Wildman–Crippen LogP) is 2.19. The number of imide groups is 1. The minimum absolute atomic E-state index is 0.0891. The molecule has 8 nitrogen and oxygen atoms in total. The molecule has 0 bridgehead atoms. The van der Waals surface area contributed by atoms with Gasteiger partial charge in [0.05, 0.1) is 16.9 Å². The Bertz CT molecular complexity index is 730. The Balaban J connectivity index is 2.30. The van der Waals surface area contributed by atoms with E-state index in [0.29, 0.717) is 17.3 Å². The number of carbonyl (C=O) groups is 3. The van der Waals surface area contributed by atoms with E-state index in [-0.39, 0.29) is 10.6 Å². The molecular formula is C14H12N2O6S. The van der Waals surface area contributed by atoms with Gasteiger partial charge in [0.2, 0.25) is 0 Å². The number of hydrogen-bond donors (Lipinski definition) is 0. The molecule has 1 aromatic carbocycles. The average molecular weight is 336 g/mol. The van der Waals surface area contributed by atoms with Crippen LogP contribution in [0.1, 0.15) is 12.5 Å². The average Bonchev–Trinajstić information content (AvgIpc) is 2.80. The number of rotatable bonds is 4. The molecule has 1 atom stereocenters. The van der Waals surface area contributed by atoms with Crippen LogP contribution in [0, 0.1) is 10.1 Å². The summed E-state index contributed by atoms with van der Waals surface area (Å²) in [5.41, 5.74) is 0.288. The Hall–Kier alpha value is -2.68. The van der Waals surface area contributed by atoms with Crippen molar-refractivity contribution in [2.45, 2.75) is 13.0 Å². The Morgan fingerprint density at radius 1 is 1.43 bits per heavy atom. The Morgan fingerprint density at radius 3 is 2.74 bits per heavy atom. The highest BCUT2D eigenvalue weighted by Gasteiger charge is 2.41. The minimum atomic E-state index is -1.04. The van der Waals surface area contributed by atoms with Crippen molar-refractivity contribution >= 4 is 40.6 Å². The first-order valence-electron chi connectivity index (χ1n) is 6.44. The molecule has 0 aliphatic carbocycles. The van der Waals surface area contributed by atoms with Gasteiger partial charge in [-0.1, -0.05) is 12.1 Å². The van der Waals surface area contributed by atoms with Crippen molar-refractivity contribution in [2.24, 2.45) is 0 Å². The van der Waals surface area contributed by atoms with Gasteiger partial charge in [0.25, 0.3) is 16.8 Å². The maximum Gasteiger partial charge on any atom is 0.328 e. The quantitative estimate of drug-likeness (QED) is 0.359. The van der Waals surface area contributed by atoms with Crippen LogP contribution >= 0.6 is 11.8 Å². The molecule has 0 aromatic heterocycles. The lowest BCUT2D eigenvalue weighted by molar-refractivity contribution is -0.384. The number of nitrogens with zero attached hydrogens (tertiary/aromatic N) is 2. The fourth-order valence-corrected chi connectivity index (χ4v) is 2.88. The maximum absolute atomic E-state index is 12.3. The fourth-order valence-electron chi connectivity index (χ4n) is 1.97. The monoisotopic (exact) mass is 336 g/mol. The zero-order valence-electron chi connectivity index (χ0n) is 12.2. The van der Waals surface area contributed by atoms with Gasteiger partial charge in [-0.05, 0) is 30.3 Å². The summed E-state index contributed by atoms with van der Waals surface area (Å²) in [7, 11) is 1.16. The molecule has 0 unspecified atom stereocenters. The van der Waals surface area contributed by atoms with Crippen molar-refractivity contribution in [1.82, 2.24) is 4.90 Å². The van der Waals surface area contributed by atoms with Crippen LogP contribution in [0.2, 0.25) is 0 Å². The molecule has 1 heterocycles. The number of methoxy groups -OCH3 is 1. The molecule has 1 fully saturated rings. The van der Waals surface area contributed by atoms with Gasteiger partial charge in [0.15, 0.2) is 0 Å². The van der Waals surface area contributed by atoms with Gasteiger partial charge in [-0.3, -0.25) is 24.6 Å². The van der Waals surface area contributed by atoms with Crippen molar-refractivity contribution < 1.29 is 24.0 Å². The van der Waals surface area contributed by atoms with E-state index in [2.05, 4.69) is 4.74 Å². The summed E-state index contributed by atoms with van der Waals surface area (Å²) in [6.07, 6.45) is 1.38. The first-order chi connectivity index (χ1) is 10.8. The van der Waals surface area contributed by atoms with Crippen LogP contribution < -0.4 is 0 Å². The lowest BCUT2D eigenvalue weighted by Gasteiger charge is -2.18. The second-order valence-electron chi connectivity index (χ2n) is 4.60. The normalized spacial score (nSPS) is 17.5. The summed E-state index contributed by atoms with van der Waals surface area (Å²) in [4.78, 5) is 46.8. The molecule has 1 aromatic rings. The smallest absolute Gasteiger partial charge is 0.328 e. The van der Waals surface area contributed by atoms with Gasteiger partial charge >= 0.3 is 5.97 Å². The largest absolute Gasteiger partial charge is 0.467 e. The van der Waals surface area contributed by atoms with Crippen molar-refractivity contribution in [3.05, 3.63) is 44.8 Å². The Kier molecular flexibility index (Phi) is 4.80. The van der Waals surface area contributed by atoms with Crippen LogP contribution in [-0.2, 0) is 14.3 Å². The second-order valence-corrected chi connectivity index (χ2v) is 5.60. The number of nitro benzene ring substituents is 1. The van der Waals surface area contributed by atoms with Gasteiger partial charge in [-0.15, -0.1) is 0 Å². The standard InChI is InChI=1S/C14H12N2O6S/c1-8(13(18)22-2)15-12(17)11(23-14(15)19)7-9-4-3-5-10(6-9)16(20)21/h3-8H,1-2H3/b11-7+/t8-/m1/s1. The molecule has 0 N–H and O–H groups in total. The van der Waals surface area contributed by atoms with Crippen LogP contribution in [0.15, 0.2) is 29.2 Å². The van der Waals surface area contributed by atoms with Crippen LogP contribution in [0.3, 0.4) is 0 Å². The van der Waals surface area contributed by atoms with Crippen molar-refractivity contribution in [2.75, 3.05) is 7.11 Å². The van der Waals surface area contributed by atoms with Gasteiger partial charge in [-0.25, -0.2) is 4.79 Å². The third kappa shape index (κ3) is 3.39. The second kappa shape index (κ2) is 6.61. The molecule has 0 radical (unpaired) electrons. The van der Waals surface area contributed by atoms with E-state index >= 15 is 0 Å². The van der Waals surface area contributed by atoms with Gasteiger partial charge in [0, 0.05) is 12.1 Å². The number of benzene rings is 1. The van der Waals surface area contributed by atoms with Crippen LogP contribution in [0.5, 0.6) is 0 Å². The molecule has 2 rings (SSSR count). The Labute approximate surface area is 135 Å². The third-order valence-corrected chi connectivity index (χ3v) is 4.02. The van der Waals surface area contributed by atoms with Crippen LogP contribution in [0.25, 0.3) is 6.08 Å². The molecule has 2 amide bonds. The number of thioether (sulfide) groups is 1. The van der Waals surface area contributed by atoms with E-state index in [1.807, 2.05) is 0 Å². The van der Waals surface area contributed by atoms with Crippen LogP contribution in [0.4, 0.5) is 10.5 Å². The summed E-state index contributed by atoms with van der Waals surface area (Å²) < 4.78 is 4.53. The molecule has 0 spiro atoms. The number of amides is 2. The van der Waals surface area contributed by atoms with Crippen molar-refractivity contribution in [3.63, 3.8) is 0 Å². The number of carbonyl (C=O) groups excluding carboxylic acids is 3. The zero-order chi connectivity index (χ0) is 17.1. The molecule has 9 heteroatoms. The summed E-state index contributed by atoms with van der Waals surface area (Å²) in [5, 5.41) is 10.2. The highest BCUT2D eigenvalue weighted by atomic mass is 32.2. The highest BCUT2D eigenvalue weighted by Crippen LogP contribution is 2.34. The summed E-state index contributed by atoms with van der Waals surface area (Å²) >= 11 is 0.668. The maximum atomic E-state index is 12.3. The topological polar surface area (TPSA) is 107 Å². The third-order valence-electron chi connectivity index (χ3n) is 3.13. The van der Waals surface area contributed by atoms with E-state index in [9.17, 15) is 24.5 Å². The lowest BCUT2D eigenvalue weighted by Crippen LogP contribution is -2.42. The zero-order valence-corrected chi connectivity index (χ0v) is 13.0. The summed E-state index contributed by atoms with van der Waals surface area (Å²) in [6, 6.07) is 4.62. The van der Waals surface area contributed by atoms with Gasteiger partial charge in [-0.2, -0.15) is 0 Å². The first-order valence-corrected chi connectivity index (χ1v) is 7.26. The number of non-ortho nitro benzene ring substituents is 1. The lowest BCUT2D eigenvalue weighted by atomic mass is 10.2. The van der Waals surface area contributed by atoms with E-state index in [1.54, 1.807) is 6.07 Å². The number of nitro groups is 1. The summed E-state index contributed by atoms with van der Waals surface area (Å²) in [6.45, 7) is 1.39. The SMILES string of the molecule is COC(=O)[C@@H](C)N1C(=O)S/C(=C/c2cccc([N+](=O)[O-])c2)C1=O. The van der Waals surface area contributed by atoms with Gasteiger partial charge < -0.3 is 4.74 Å². The van der Waals surface area contributed by atoms with Crippen molar-refractivity contribution in [1.29, 1.82) is 0 Å². The molecule has 0 saturated carbocycles. The van der Waals surface area contributed by atoms with Gasteiger partial charge in [0.1, 0.15) is 6.04 Å². The van der Waals surface area contributed by atoms with E-state index in [4.69, 9.17) is 0 Å². The fraction of sp³-hybridized carbons (Fsp3) is 0.214. The first kappa shape index (κ1) is 16.7. The molecule has 1 aliphatic heterocycles. The van der Waals surface area contributed by atoms with Crippen LogP contribution in [-0.4, -0.2) is 40.1 Å². The molecule has 1 aliphatic rings. The van der Waals surface area contributed by atoms with E-state index in [1.165, 1.54) is 31.2 Å². The summed E-state index contributed by atoms with van der Waals surface area (Å²) in [5.74, 6) is -1.34. The molecule has 23 heavy (non-hydrogen) atoms. The number of ether oxygens (including phenoxy) is 1.